The number of halogens is 1. The molecule has 0 aromatic heterocycles. The molecule has 0 unspecified atom stereocenters. The van der Waals surface area contributed by atoms with Gasteiger partial charge >= 0.3 is 5.97 Å². The highest BCUT2D eigenvalue weighted by atomic mass is 35.5. The second kappa shape index (κ2) is 5.98. The fourth-order valence-corrected chi connectivity index (χ4v) is 3.61. The van der Waals surface area contributed by atoms with Gasteiger partial charge in [-0.25, -0.2) is 13.2 Å². The number of carboxylic acid groups (broad SMARTS) is 1. The molecule has 0 spiro atoms. The molecule has 0 heterocycles. The van der Waals surface area contributed by atoms with E-state index in [1.807, 2.05) is 0 Å². The van der Waals surface area contributed by atoms with Crippen LogP contribution in [0.5, 0.6) is 0 Å². The van der Waals surface area contributed by atoms with Crippen molar-refractivity contribution in [2.75, 3.05) is 4.72 Å². The molecule has 0 atom stereocenters. The normalized spacial score (nSPS) is 11.2. The Morgan fingerprint density at radius 3 is 2.36 bits per heavy atom. The Morgan fingerprint density at radius 2 is 1.77 bits per heavy atom. The van der Waals surface area contributed by atoms with Crippen LogP contribution in [0.15, 0.2) is 41.3 Å². The Hall–Kier alpha value is -2.05. The van der Waals surface area contributed by atoms with Gasteiger partial charge in [0.15, 0.2) is 0 Å². The van der Waals surface area contributed by atoms with Gasteiger partial charge in [-0.05, 0) is 55.3 Å². The summed E-state index contributed by atoms with van der Waals surface area (Å²) in [6.07, 6.45) is 0. The first-order valence-corrected chi connectivity index (χ1v) is 8.20. The molecule has 0 amide bonds. The lowest BCUT2D eigenvalue weighted by Gasteiger charge is -2.13. The lowest BCUT2D eigenvalue weighted by atomic mass is 10.1. The second-order valence-corrected chi connectivity index (χ2v) is 6.94. The minimum atomic E-state index is -3.80. The van der Waals surface area contributed by atoms with Crippen LogP contribution in [0.4, 0.5) is 5.69 Å². The van der Waals surface area contributed by atoms with Crippen LogP contribution in [0.3, 0.4) is 0 Å². The molecule has 0 aliphatic rings. The molecule has 116 valence electrons. The molecule has 0 radical (unpaired) electrons. The van der Waals surface area contributed by atoms with E-state index in [1.54, 1.807) is 26.0 Å². The highest BCUT2D eigenvalue weighted by Gasteiger charge is 2.18. The van der Waals surface area contributed by atoms with Crippen LogP contribution in [0.25, 0.3) is 0 Å². The Labute approximate surface area is 133 Å². The zero-order chi connectivity index (χ0) is 16.5. The Kier molecular flexibility index (Phi) is 4.44. The molecule has 0 bridgehead atoms. The van der Waals surface area contributed by atoms with Gasteiger partial charge in [-0.15, -0.1) is 0 Å². The molecule has 0 aliphatic carbocycles. The lowest BCUT2D eigenvalue weighted by molar-refractivity contribution is 0.0697. The highest BCUT2D eigenvalue weighted by Crippen LogP contribution is 2.25. The molecule has 0 saturated carbocycles. The van der Waals surface area contributed by atoms with Crippen LogP contribution < -0.4 is 4.72 Å². The number of rotatable bonds is 4. The Bertz CT molecular complexity index is 847. The van der Waals surface area contributed by atoms with Gasteiger partial charge in [0.25, 0.3) is 10.0 Å². The third-order valence-corrected chi connectivity index (χ3v) is 4.90. The van der Waals surface area contributed by atoms with Crippen molar-refractivity contribution in [1.82, 2.24) is 0 Å². The van der Waals surface area contributed by atoms with Gasteiger partial charge in [-0.3, -0.25) is 4.72 Å². The molecule has 0 fully saturated rings. The minimum Gasteiger partial charge on any atom is -0.478 e. The third-order valence-electron chi connectivity index (χ3n) is 3.16. The van der Waals surface area contributed by atoms with Crippen LogP contribution in [0.1, 0.15) is 21.5 Å². The van der Waals surface area contributed by atoms with Gasteiger partial charge in [-0.1, -0.05) is 17.7 Å². The molecule has 0 saturated heterocycles. The first kappa shape index (κ1) is 16.3. The van der Waals surface area contributed by atoms with Gasteiger partial charge in [0.05, 0.1) is 16.1 Å². The monoisotopic (exact) mass is 339 g/mol. The van der Waals surface area contributed by atoms with Crippen LogP contribution in [-0.2, 0) is 10.0 Å². The Morgan fingerprint density at radius 1 is 1.09 bits per heavy atom. The van der Waals surface area contributed by atoms with Crippen molar-refractivity contribution in [3.8, 4) is 0 Å². The van der Waals surface area contributed by atoms with Crippen molar-refractivity contribution in [2.45, 2.75) is 18.7 Å². The van der Waals surface area contributed by atoms with E-state index in [9.17, 15) is 13.2 Å². The lowest BCUT2D eigenvalue weighted by Crippen LogP contribution is -2.15. The number of hydrogen-bond acceptors (Lipinski definition) is 3. The van der Waals surface area contributed by atoms with Crippen LogP contribution in [0.2, 0.25) is 5.02 Å². The summed E-state index contributed by atoms with van der Waals surface area (Å²) in [6.45, 7) is 3.31. The molecule has 2 N–H and O–H groups in total. The van der Waals surface area contributed by atoms with Crippen molar-refractivity contribution in [3.05, 3.63) is 58.1 Å². The van der Waals surface area contributed by atoms with E-state index in [-0.39, 0.29) is 10.5 Å². The van der Waals surface area contributed by atoms with Gasteiger partial charge in [0.2, 0.25) is 0 Å². The number of sulfonamides is 1. The third kappa shape index (κ3) is 3.40. The van der Waals surface area contributed by atoms with Gasteiger partial charge in [0.1, 0.15) is 0 Å². The number of hydrogen-bond donors (Lipinski definition) is 2. The number of benzene rings is 2. The number of anilines is 1. The van der Waals surface area contributed by atoms with Gasteiger partial charge in [-0.2, -0.15) is 0 Å². The van der Waals surface area contributed by atoms with E-state index < -0.39 is 16.0 Å². The van der Waals surface area contributed by atoms with Crippen molar-refractivity contribution < 1.29 is 18.3 Å². The summed E-state index contributed by atoms with van der Waals surface area (Å²) in [5.74, 6) is -1.07. The molecular weight excluding hydrogens is 326 g/mol. The van der Waals surface area contributed by atoms with E-state index in [1.165, 1.54) is 24.3 Å². The first-order chi connectivity index (χ1) is 10.2. The van der Waals surface area contributed by atoms with Crippen molar-refractivity contribution >= 4 is 33.3 Å². The largest absolute Gasteiger partial charge is 0.478 e. The molecule has 2 rings (SSSR count). The highest BCUT2D eigenvalue weighted by molar-refractivity contribution is 7.92. The maximum absolute atomic E-state index is 12.5. The molecule has 0 aliphatic heterocycles. The molecule has 5 nitrogen and oxygen atoms in total. The number of carboxylic acids is 1. The van der Waals surface area contributed by atoms with Gasteiger partial charge < -0.3 is 5.11 Å². The summed E-state index contributed by atoms with van der Waals surface area (Å²) in [5.41, 5.74) is 1.50. The summed E-state index contributed by atoms with van der Waals surface area (Å²) >= 11 is 5.86. The maximum atomic E-state index is 12.5. The number of carbonyl (C=O) groups is 1. The fourth-order valence-electron chi connectivity index (χ4n) is 1.97. The zero-order valence-electron chi connectivity index (χ0n) is 11.9. The topological polar surface area (TPSA) is 83.5 Å². The van der Waals surface area contributed by atoms with Gasteiger partial charge in [0, 0.05) is 5.02 Å². The van der Waals surface area contributed by atoms with Crippen molar-refractivity contribution in [2.24, 2.45) is 0 Å². The van der Waals surface area contributed by atoms with Crippen molar-refractivity contribution in [3.63, 3.8) is 0 Å². The minimum absolute atomic E-state index is 0.0849. The van der Waals surface area contributed by atoms with Crippen LogP contribution >= 0.6 is 11.6 Å². The standard InChI is InChI=1S/C15H14ClNO4S/c1-9-3-5-12(16)8-14(9)22(20,21)17-13-6-4-11(15(18)19)7-10(13)2/h3-8,17H,1-2H3,(H,18,19). The summed E-state index contributed by atoms with van der Waals surface area (Å²) < 4.78 is 27.4. The predicted octanol–water partition coefficient (Wildman–Crippen LogP) is 3.46. The van der Waals surface area contributed by atoms with Crippen molar-refractivity contribution in [1.29, 1.82) is 0 Å². The average molecular weight is 340 g/mol. The molecule has 2 aromatic rings. The quantitative estimate of drug-likeness (QED) is 0.893. The number of aromatic carboxylic acids is 1. The maximum Gasteiger partial charge on any atom is 0.335 e. The van der Waals surface area contributed by atoms with Crippen LogP contribution in [0, 0.1) is 13.8 Å². The van der Waals surface area contributed by atoms with E-state index in [2.05, 4.69) is 4.72 Å². The predicted molar refractivity (Wildman–Crippen MR) is 85.1 cm³/mol. The smallest absolute Gasteiger partial charge is 0.335 e. The van der Waals surface area contributed by atoms with Crippen LogP contribution in [-0.4, -0.2) is 19.5 Å². The van der Waals surface area contributed by atoms with E-state index >= 15 is 0 Å². The first-order valence-electron chi connectivity index (χ1n) is 6.33. The molecular formula is C15H14ClNO4S. The summed E-state index contributed by atoms with van der Waals surface area (Å²) in [6, 6.07) is 8.79. The second-order valence-electron chi connectivity index (χ2n) is 4.85. The average Bonchev–Trinajstić information content (AvgIpc) is 2.43. The number of aryl methyl sites for hydroxylation is 2. The van der Waals surface area contributed by atoms with E-state index in [4.69, 9.17) is 16.7 Å². The van der Waals surface area contributed by atoms with E-state index in [0.717, 1.165) is 0 Å². The van der Waals surface area contributed by atoms with E-state index in [0.29, 0.717) is 21.8 Å². The summed E-state index contributed by atoms with van der Waals surface area (Å²) in [7, 11) is -3.80. The molecule has 7 heteroatoms. The summed E-state index contributed by atoms with van der Waals surface area (Å²) in [5, 5.41) is 9.25. The summed E-state index contributed by atoms with van der Waals surface area (Å²) in [4.78, 5) is 11.0. The zero-order valence-corrected chi connectivity index (χ0v) is 13.5. The Balaban J connectivity index is 2.41. The number of nitrogens with one attached hydrogen (secondary N) is 1. The molecule has 22 heavy (non-hydrogen) atoms. The molecule has 2 aromatic carbocycles. The SMILES string of the molecule is Cc1cc(C(=O)O)ccc1NS(=O)(=O)c1cc(Cl)ccc1C. The fraction of sp³-hybridized carbons (Fsp3) is 0.133.